The number of amides is 2. The molecule has 182 valence electrons. The molecule has 3 rings (SSSR count). The Balaban J connectivity index is 1.40. The number of anilines is 1. The van der Waals surface area contributed by atoms with E-state index in [9.17, 15) is 22.8 Å². The molecule has 8 nitrogen and oxygen atoms in total. The van der Waals surface area contributed by atoms with Crippen molar-refractivity contribution < 1.29 is 27.5 Å². The number of nitrogens with one attached hydrogen (secondary N) is 3. The van der Waals surface area contributed by atoms with Gasteiger partial charge in [0.1, 0.15) is 0 Å². The minimum absolute atomic E-state index is 0.0368. The van der Waals surface area contributed by atoms with Gasteiger partial charge >= 0.3 is 6.18 Å². The van der Waals surface area contributed by atoms with E-state index in [1.54, 1.807) is 0 Å². The number of halogens is 3. The van der Waals surface area contributed by atoms with Crippen LogP contribution in [0.4, 0.5) is 18.9 Å². The van der Waals surface area contributed by atoms with Crippen molar-refractivity contribution >= 4 is 28.5 Å². The van der Waals surface area contributed by atoms with Gasteiger partial charge in [-0.1, -0.05) is 0 Å². The number of aromatic nitrogens is 2. The van der Waals surface area contributed by atoms with Crippen LogP contribution in [0.5, 0.6) is 0 Å². The number of imidazole rings is 1. The predicted octanol–water partition coefficient (Wildman–Crippen LogP) is 3.16. The number of fused-ring (bicyclic) bond motifs is 1. The van der Waals surface area contributed by atoms with Crippen molar-refractivity contribution in [2.24, 2.45) is 5.92 Å². The number of hydrogen-bond donors (Lipinski definition) is 3. The molecule has 0 aliphatic carbocycles. The molecule has 11 heteroatoms. The van der Waals surface area contributed by atoms with Crippen LogP contribution in [0.25, 0.3) is 11.0 Å². The monoisotopic (exact) mass is 469 g/mol. The maximum absolute atomic E-state index is 12.8. The van der Waals surface area contributed by atoms with Gasteiger partial charge in [-0.3, -0.25) is 14.5 Å². The molecular weight excluding hydrogens is 439 g/mol. The summed E-state index contributed by atoms with van der Waals surface area (Å²) in [7, 11) is 0. The second kappa shape index (κ2) is 11.0. The number of likely N-dealkylation sites (tertiary alicyclic amines) is 1. The number of piperidine rings is 1. The zero-order valence-corrected chi connectivity index (χ0v) is 18.8. The van der Waals surface area contributed by atoms with Gasteiger partial charge < -0.3 is 20.4 Å². The Hall–Kier alpha value is -2.66. The lowest BCUT2D eigenvalue weighted by Gasteiger charge is -2.30. The fourth-order valence-electron chi connectivity index (χ4n) is 3.73. The summed E-state index contributed by atoms with van der Waals surface area (Å²) in [5.41, 5.74) is 0.761. The van der Waals surface area contributed by atoms with Crippen molar-refractivity contribution in [1.82, 2.24) is 20.2 Å². The van der Waals surface area contributed by atoms with Gasteiger partial charge in [-0.25, -0.2) is 4.98 Å². The first kappa shape index (κ1) is 25.0. The molecule has 0 saturated carbocycles. The zero-order chi connectivity index (χ0) is 24.0. The molecule has 33 heavy (non-hydrogen) atoms. The highest BCUT2D eigenvalue weighted by Crippen LogP contribution is 2.29. The molecular formula is C22H30F3N5O3. The van der Waals surface area contributed by atoms with Gasteiger partial charge in [0.2, 0.25) is 17.6 Å². The van der Waals surface area contributed by atoms with Crippen LogP contribution in [0.2, 0.25) is 0 Å². The number of carbonyl (C=O) groups is 2. The van der Waals surface area contributed by atoms with Gasteiger partial charge in [0.25, 0.3) is 0 Å². The van der Waals surface area contributed by atoms with Crippen molar-refractivity contribution in [3.05, 3.63) is 24.0 Å². The van der Waals surface area contributed by atoms with Crippen molar-refractivity contribution in [3.63, 3.8) is 0 Å². The smallest absolute Gasteiger partial charge is 0.379 e. The van der Waals surface area contributed by atoms with E-state index in [0.29, 0.717) is 44.8 Å². The van der Waals surface area contributed by atoms with E-state index in [1.807, 2.05) is 18.7 Å². The summed E-state index contributed by atoms with van der Waals surface area (Å²) in [5, 5.41) is 5.66. The molecule has 0 bridgehead atoms. The number of aromatic amines is 1. The maximum Gasteiger partial charge on any atom is 0.449 e. The Kier molecular flexibility index (Phi) is 8.30. The first-order valence-corrected chi connectivity index (χ1v) is 11.1. The minimum atomic E-state index is -4.56. The Bertz CT molecular complexity index is 952. The molecule has 1 aromatic heterocycles. The number of benzene rings is 1. The minimum Gasteiger partial charge on any atom is -0.379 e. The summed E-state index contributed by atoms with van der Waals surface area (Å²) in [4.78, 5) is 32.4. The Labute approximate surface area is 190 Å². The summed E-state index contributed by atoms with van der Waals surface area (Å²) >= 11 is 0. The molecule has 2 aromatic rings. The Morgan fingerprint density at radius 1 is 1.27 bits per heavy atom. The van der Waals surface area contributed by atoms with Gasteiger partial charge in [-0.2, -0.15) is 13.2 Å². The topological polar surface area (TPSA) is 99.3 Å². The van der Waals surface area contributed by atoms with E-state index in [2.05, 4.69) is 20.6 Å². The normalized spacial score (nSPS) is 15.8. The Morgan fingerprint density at radius 3 is 2.67 bits per heavy atom. The molecule has 1 fully saturated rings. The fourth-order valence-corrected chi connectivity index (χ4v) is 3.73. The number of H-pyrrole nitrogens is 1. The maximum atomic E-state index is 12.8. The lowest BCUT2D eigenvalue weighted by atomic mass is 9.96. The van der Waals surface area contributed by atoms with E-state index >= 15 is 0 Å². The van der Waals surface area contributed by atoms with Crippen LogP contribution in [0, 0.1) is 5.92 Å². The average Bonchev–Trinajstić information content (AvgIpc) is 3.17. The van der Waals surface area contributed by atoms with Crippen molar-refractivity contribution in [1.29, 1.82) is 0 Å². The number of rotatable bonds is 9. The number of hydrogen-bond acceptors (Lipinski definition) is 5. The van der Waals surface area contributed by atoms with Gasteiger partial charge in [-0.15, -0.1) is 0 Å². The summed E-state index contributed by atoms with van der Waals surface area (Å²) in [5.74, 6) is -1.37. The largest absolute Gasteiger partial charge is 0.449 e. The summed E-state index contributed by atoms with van der Waals surface area (Å²) in [6, 6.07) is 4.37. The van der Waals surface area contributed by atoms with E-state index in [4.69, 9.17) is 4.74 Å². The first-order valence-electron chi connectivity index (χ1n) is 11.1. The quantitative estimate of drug-likeness (QED) is 0.490. The molecule has 1 aliphatic heterocycles. The molecule has 3 N–H and O–H groups in total. The fraction of sp³-hybridized carbons (Fsp3) is 0.591. The third kappa shape index (κ3) is 7.43. The SMILES string of the molecule is CC(C)OCCCNC(=O)C1CCN(CC(=O)Nc2ccc3nc(C(F)(F)F)[nH]c3c2)CC1. The molecule has 1 aromatic carbocycles. The molecule has 0 atom stereocenters. The third-order valence-corrected chi connectivity index (χ3v) is 5.43. The zero-order valence-electron chi connectivity index (χ0n) is 18.8. The summed E-state index contributed by atoms with van der Waals surface area (Å²) in [6.45, 7) is 6.53. The van der Waals surface area contributed by atoms with Gasteiger partial charge in [0, 0.05) is 24.8 Å². The van der Waals surface area contributed by atoms with Crippen molar-refractivity contribution in [3.8, 4) is 0 Å². The van der Waals surface area contributed by atoms with Crippen LogP contribution in [-0.4, -0.2) is 65.6 Å². The lowest BCUT2D eigenvalue weighted by molar-refractivity contribution is -0.144. The highest BCUT2D eigenvalue weighted by molar-refractivity contribution is 5.94. The number of carbonyl (C=O) groups excluding carboxylic acids is 2. The third-order valence-electron chi connectivity index (χ3n) is 5.43. The van der Waals surface area contributed by atoms with E-state index in [0.717, 1.165) is 6.42 Å². The number of alkyl halides is 3. The first-order chi connectivity index (χ1) is 15.6. The van der Waals surface area contributed by atoms with E-state index in [-0.39, 0.29) is 41.4 Å². The highest BCUT2D eigenvalue weighted by Gasteiger charge is 2.34. The van der Waals surface area contributed by atoms with Gasteiger partial charge in [-0.05, 0) is 64.4 Å². The number of nitrogens with zero attached hydrogens (tertiary/aromatic N) is 2. The molecule has 0 radical (unpaired) electrons. The molecule has 0 spiro atoms. The summed E-state index contributed by atoms with van der Waals surface area (Å²) in [6.07, 6.45) is -2.28. The molecule has 2 amide bonds. The average molecular weight is 470 g/mol. The van der Waals surface area contributed by atoms with E-state index < -0.39 is 12.0 Å². The molecule has 0 unspecified atom stereocenters. The lowest BCUT2D eigenvalue weighted by Crippen LogP contribution is -2.43. The molecule has 2 heterocycles. The Morgan fingerprint density at radius 2 is 2.00 bits per heavy atom. The van der Waals surface area contributed by atoms with Crippen LogP contribution in [-0.2, 0) is 20.5 Å². The van der Waals surface area contributed by atoms with Crippen molar-refractivity contribution in [2.45, 2.75) is 45.4 Å². The molecule has 1 saturated heterocycles. The predicted molar refractivity (Wildman–Crippen MR) is 118 cm³/mol. The van der Waals surface area contributed by atoms with Crippen LogP contribution in [0.3, 0.4) is 0 Å². The second-order valence-corrected chi connectivity index (χ2v) is 8.48. The van der Waals surface area contributed by atoms with Crippen LogP contribution < -0.4 is 10.6 Å². The number of ether oxygens (including phenoxy) is 1. The van der Waals surface area contributed by atoms with E-state index in [1.165, 1.54) is 18.2 Å². The van der Waals surface area contributed by atoms with Crippen LogP contribution in [0.1, 0.15) is 38.9 Å². The van der Waals surface area contributed by atoms with Crippen LogP contribution >= 0.6 is 0 Å². The van der Waals surface area contributed by atoms with Gasteiger partial charge in [0.15, 0.2) is 0 Å². The highest BCUT2D eigenvalue weighted by atomic mass is 19.4. The van der Waals surface area contributed by atoms with Crippen LogP contribution in [0.15, 0.2) is 18.2 Å². The second-order valence-electron chi connectivity index (χ2n) is 8.48. The molecule has 1 aliphatic rings. The van der Waals surface area contributed by atoms with Crippen molar-refractivity contribution in [2.75, 3.05) is 38.1 Å². The standard InChI is InChI=1S/C22H30F3N5O3/c1-14(2)33-11-3-8-26-20(32)15-6-9-30(10-7-15)13-19(31)27-16-4-5-17-18(12-16)29-21(28-17)22(23,24)25/h4-5,12,14-15H,3,6-11,13H2,1-2H3,(H,26,32)(H,27,31)(H,28,29). The summed E-state index contributed by atoms with van der Waals surface area (Å²) < 4.78 is 43.8. The van der Waals surface area contributed by atoms with Gasteiger partial charge in [0.05, 0.1) is 23.7 Å².